The van der Waals surface area contributed by atoms with E-state index in [1.54, 1.807) is 0 Å². The van der Waals surface area contributed by atoms with Gasteiger partial charge in [-0.25, -0.2) is 0 Å². The summed E-state index contributed by atoms with van der Waals surface area (Å²) in [7, 11) is 0. The summed E-state index contributed by atoms with van der Waals surface area (Å²) in [6, 6.07) is 0.194. The maximum absolute atomic E-state index is 9.24. The summed E-state index contributed by atoms with van der Waals surface area (Å²) >= 11 is 1.95. The van der Waals surface area contributed by atoms with E-state index in [9.17, 15) is 5.11 Å². The van der Waals surface area contributed by atoms with Crippen LogP contribution in [0.4, 0.5) is 0 Å². The van der Waals surface area contributed by atoms with Crippen molar-refractivity contribution in [2.45, 2.75) is 37.5 Å². The van der Waals surface area contributed by atoms with Crippen molar-refractivity contribution in [3.8, 4) is 0 Å². The van der Waals surface area contributed by atoms with Crippen LogP contribution in [-0.4, -0.2) is 28.3 Å². The molecule has 1 aliphatic heterocycles. The molecule has 1 aliphatic rings. The Hall–Kier alpha value is 0.270. The molecule has 0 aromatic rings. The van der Waals surface area contributed by atoms with Crippen molar-refractivity contribution >= 4 is 11.8 Å². The molecule has 3 N–H and O–H groups in total. The van der Waals surface area contributed by atoms with E-state index in [1.807, 2.05) is 11.8 Å². The lowest BCUT2D eigenvalue weighted by Crippen LogP contribution is -2.41. The molecule has 2 unspecified atom stereocenters. The SMILES string of the molecule is CCC1(CC)SCC(N)C1CO. The van der Waals surface area contributed by atoms with E-state index in [-0.39, 0.29) is 17.4 Å². The van der Waals surface area contributed by atoms with Crippen molar-refractivity contribution < 1.29 is 5.11 Å². The molecule has 72 valence electrons. The Morgan fingerprint density at radius 1 is 1.50 bits per heavy atom. The van der Waals surface area contributed by atoms with Gasteiger partial charge in [0.05, 0.1) is 0 Å². The van der Waals surface area contributed by atoms with E-state index in [0.717, 1.165) is 18.6 Å². The van der Waals surface area contributed by atoms with Crippen LogP contribution in [0.3, 0.4) is 0 Å². The van der Waals surface area contributed by atoms with Crippen LogP contribution in [0.25, 0.3) is 0 Å². The van der Waals surface area contributed by atoms with Gasteiger partial charge >= 0.3 is 0 Å². The molecule has 2 atom stereocenters. The second-order valence-corrected chi connectivity index (χ2v) is 4.97. The van der Waals surface area contributed by atoms with Gasteiger partial charge in [-0.1, -0.05) is 13.8 Å². The van der Waals surface area contributed by atoms with Crippen LogP contribution in [0.15, 0.2) is 0 Å². The van der Waals surface area contributed by atoms with Gasteiger partial charge in [-0.15, -0.1) is 0 Å². The molecule has 3 heteroatoms. The predicted molar refractivity (Wildman–Crippen MR) is 54.3 cm³/mol. The van der Waals surface area contributed by atoms with Crippen LogP contribution in [0.5, 0.6) is 0 Å². The lowest BCUT2D eigenvalue weighted by molar-refractivity contribution is 0.177. The molecule has 0 aromatic heterocycles. The number of nitrogens with two attached hydrogens (primary N) is 1. The fourth-order valence-corrected chi connectivity index (χ4v) is 3.78. The highest BCUT2D eigenvalue weighted by Gasteiger charge is 2.44. The third-order valence-electron chi connectivity index (χ3n) is 3.15. The zero-order valence-corrected chi connectivity index (χ0v) is 8.73. The number of aliphatic hydroxyl groups is 1. The summed E-state index contributed by atoms with van der Waals surface area (Å²) in [5.41, 5.74) is 5.94. The zero-order chi connectivity index (χ0) is 9.19. The first-order chi connectivity index (χ1) is 5.70. The van der Waals surface area contributed by atoms with Gasteiger partial charge in [0.1, 0.15) is 0 Å². The smallest absolute Gasteiger partial charge is 0.0487 e. The largest absolute Gasteiger partial charge is 0.396 e. The molecule has 0 spiro atoms. The minimum Gasteiger partial charge on any atom is -0.396 e. The maximum Gasteiger partial charge on any atom is 0.0487 e. The van der Waals surface area contributed by atoms with Gasteiger partial charge in [0.2, 0.25) is 0 Å². The highest BCUT2D eigenvalue weighted by Crippen LogP contribution is 2.46. The van der Waals surface area contributed by atoms with E-state index in [1.165, 1.54) is 0 Å². The second kappa shape index (κ2) is 3.99. The van der Waals surface area contributed by atoms with Gasteiger partial charge in [0, 0.05) is 29.1 Å². The second-order valence-electron chi connectivity index (χ2n) is 3.54. The number of thioether (sulfide) groups is 1. The van der Waals surface area contributed by atoms with Crippen LogP contribution in [0.1, 0.15) is 26.7 Å². The van der Waals surface area contributed by atoms with Crippen molar-refractivity contribution in [1.82, 2.24) is 0 Å². The van der Waals surface area contributed by atoms with Crippen LogP contribution in [0, 0.1) is 5.92 Å². The molecule has 0 aliphatic carbocycles. The molecule has 0 saturated carbocycles. The first-order valence-electron chi connectivity index (χ1n) is 4.70. The van der Waals surface area contributed by atoms with Gasteiger partial charge in [-0.2, -0.15) is 11.8 Å². The Morgan fingerprint density at radius 3 is 2.42 bits per heavy atom. The molecule has 1 saturated heterocycles. The van der Waals surface area contributed by atoms with E-state index >= 15 is 0 Å². The average Bonchev–Trinajstić information content (AvgIpc) is 2.43. The van der Waals surface area contributed by atoms with Crippen molar-refractivity contribution in [2.24, 2.45) is 11.7 Å². The third-order valence-corrected chi connectivity index (χ3v) is 5.16. The standard InChI is InChI=1S/C9H19NOS/c1-3-9(4-2)7(5-11)8(10)6-12-9/h7-8,11H,3-6,10H2,1-2H3. The highest BCUT2D eigenvalue weighted by molar-refractivity contribution is 8.01. The van der Waals surface area contributed by atoms with Gasteiger partial charge < -0.3 is 10.8 Å². The molecule has 0 amide bonds. The molecule has 0 aromatic carbocycles. The summed E-state index contributed by atoms with van der Waals surface area (Å²) in [6.07, 6.45) is 2.24. The first kappa shape index (κ1) is 10.4. The Kier molecular flexibility index (Phi) is 3.44. The lowest BCUT2D eigenvalue weighted by atomic mass is 9.83. The minimum absolute atomic E-state index is 0.194. The van der Waals surface area contributed by atoms with Gasteiger partial charge in [0.15, 0.2) is 0 Å². The van der Waals surface area contributed by atoms with Crippen molar-refractivity contribution in [3.05, 3.63) is 0 Å². The lowest BCUT2D eigenvalue weighted by Gasteiger charge is -2.32. The molecule has 0 bridgehead atoms. The normalized spacial score (nSPS) is 34.0. The van der Waals surface area contributed by atoms with E-state index in [4.69, 9.17) is 5.73 Å². The summed E-state index contributed by atoms with van der Waals surface area (Å²) in [6.45, 7) is 4.63. The minimum atomic E-state index is 0.194. The molecule has 1 heterocycles. The molecule has 0 radical (unpaired) electrons. The topological polar surface area (TPSA) is 46.2 Å². The molecular weight excluding hydrogens is 170 g/mol. The Labute approximate surface area is 78.9 Å². The monoisotopic (exact) mass is 189 g/mol. The molecule has 12 heavy (non-hydrogen) atoms. The third kappa shape index (κ3) is 1.50. The van der Waals surface area contributed by atoms with Crippen molar-refractivity contribution in [1.29, 1.82) is 0 Å². The summed E-state index contributed by atoms with van der Waals surface area (Å²) in [5.74, 6) is 1.31. The van der Waals surface area contributed by atoms with Crippen LogP contribution >= 0.6 is 11.8 Å². The molecular formula is C9H19NOS. The Bertz CT molecular complexity index is 147. The van der Waals surface area contributed by atoms with Crippen molar-refractivity contribution in [2.75, 3.05) is 12.4 Å². The average molecular weight is 189 g/mol. The highest BCUT2D eigenvalue weighted by atomic mass is 32.2. The Morgan fingerprint density at radius 2 is 2.08 bits per heavy atom. The number of hydrogen-bond donors (Lipinski definition) is 2. The van der Waals surface area contributed by atoms with Gasteiger partial charge in [-0.3, -0.25) is 0 Å². The van der Waals surface area contributed by atoms with Crippen LogP contribution < -0.4 is 5.73 Å². The number of aliphatic hydroxyl groups excluding tert-OH is 1. The zero-order valence-electron chi connectivity index (χ0n) is 7.92. The van der Waals surface area contributed by atoms with E-state index < -0.39 is 0 Å². The summed E-state index contributed by atoms with van der Waals surface area (Å²) in [5, 5.41) is 9.24. The molecule has 1 fully saturated rings. The Balaban J connectivity index is 2.74. The quantitative estimate of drug-likeness (QED) is 0.702. The number of hydrogen-bond acceptors (Lipinski definition) is 3. The van der Waals surface area contributed by atoms with E-state index in [2.05, 4.69) is 13.8 Å². The van der Waals surface area contributed by atoms with Crippen LogP contribution in [0.2, 0.25) is 0 Å². The maximum atomic E-state index is 9.24. The summed E-state index contributed by atoms with van der Waals surface area (Å²) < 4.78 is 0.258. The fourth-order valence-electron chi connectivity index (χ4n) is 2.16. The van der Waals surface area contributed by atoms with Crippen LogP contribution in [-0.2, 0) is 0 Å². The van der Waals surface area contributed by atoms with E-state index in [0.29, 0.717) is 5.92 Å². The van der Waals surface area contributed by atoms with Crippen molar-refractivity contribution in [3.63, 3.8) is 0 Å². The first-order valence-corrected chi connectivity index (χ1v) is 5.69. The fraction of sp³-hybridized carbons (Fsp3) is 1.00. The predicted octanol–water partition coefficient (Wildman–Crippen LogP) is 1.23. The molecule has 1 rings (SSSR count). The molecule has 2 nitrogen and oxygen atoms in total. The number of rotatable bonds is 3. The summed E-state index contributed by atoms with van der Waals surface area (Å²) in [4.78, 5) is 0. The van der Waals surface area contributed by atoms with Gasteiger partial charge in [-0.05, 0) is 12.8 Å². The van der Waals surface area contributed by atoms with Gasteiger partial charge in [0.25, 0.3) is 0 Å².